The first-order chi connectivity index (χ1) is 8.11. The Morgan fingerprint density at radius 2 is 1.82 bits per heavy atom. The topological polar surface area (TPSA) is 101 Å². The predicted octanol–water partition coefficient (Wildman–Crippen LogP) is 1.74. The predicted molar refractivity (Wildman–Crippen MR) is 55.9 cm³/mol. The van der Waals surface area contributed by atoms with Crippen molar-refractivity contribution < 1.29 is 24.2 Å². The number of carbonyl (C=O) groups is 2. The van der Waals surface area contributed by atoms with Crippen LogP contribution in [0.2, 0.25) is 0 Å². The molecule has 1 aromatic carbocycles. The molecular formula is C11H7NO5. The third kappa shape index (κ3) is 1.87. The van der Waals surface area contributed by atoms with Crippen molar-refractivity contribution >= 4 is 11.9 Å². The van der Waals surface area contributed by atoms with E-state index >= 15 is 0 Å². The normalized spacial score (nSPS) is 10.1. The molecule has 0 saturated carbocycles. The van der Waals surface area contributed by atoms with Crippen molar-refractivity contribution in [3.05, 3.63) is 41.9 Å². The highest BCUT2D eigenvalue weighted by Crippen LogP contribution is 2.26. The van der Waals surface area contributed by atoms with Gasteiger partial charge in [-0.15, -0.1) is 0 Å². The number of oxazole rings is 1. The summed E-state index contributed by atoms with van der Waals surface area (Å²) in [6, 6.07) is 5.97. The first-order valence-corrected chi connectivity index (χ1v) is 4.60. The van der Waals surface area contributed by atoms with Gasteiger partial charge in [0.2, 0.25) is 0 Å². The molecule has 0 fully saturated rings. The molecule has 0 bridgehead atoms. The van der Waals surface area contributed by atoms with Crippen molar-refractivity contribution in [2.24, 2.45) is 0 Å². The highest BCUT2D eigenvalue weighted by molar-refractivity contribution is 5.99. The van der Waals surface area contributed by atoms with Crippen LogP contribution >= 0.6 is 0 Å². The molecule has 0 aliphatic carbocycles. The molecule has 2 aromatic rings. The summed E-state index contributed by atoms with van der Waals surface area (Å²) in [6.07, 6.45) is 0.970. The van der Waals surface area contributed by atoms with Gasteiger partial charge in [-0.05, 0) is 6.07 Å². The van der Waals surface area contributed by atoms with E-state index in [0.717, 1.165) is 6.39 Å². The Morgan fingerprint density at radius 3 is 2.47 bits per heavy atom. The van der Waals surface area contributed by atoms with Crippen LogP contribution in [0.1, 0.15) is 20.8 Å². The molecule has 6 heteroatoms. The average molecular weight is 233 g/mol. The molecular weight excluding hydrogens is 226 g/mol. The summed E-state index contributed by atoms with van der Waals surface area (Å²) in [5, 5.41) is 17.9. The minimum atomic E-state index is -1.27. The van der Waals surface area contributed by atoms with Crippen molar-refractivity contribution in [3.8, 4) is 11.3 Å². The lowest BCUT2D eigenvalue weighted by atomic mass is 10.0. The number of rotatable bonds is 3. The third-order valence-electron chi connectivity index (χ3n) is 2.17. The van der Waals surface area contributed by atoms with Crippen LogP contribution in [0.15, 0.2) is 35.1 Å². The second kappa shape index (κ2) is 4.09. The molecule has 0 aliphatic rings. The lowest BCUT2D eigenvalue weighted by Crippen LogP contribution is -2.03. The first kappa shape index (κ1) is 10.9. The molecule has 2 rings (SSSR count). The monoisotopic (exact) mass is 233 g/mol. The number of hydrogen-bond acceptors (Lipinski definition) is 4. The van der Waals surface area contributed by atoms with Crippen LogP contribution in [0, 0.1) is 0 Å². The molecule has 0 saturated heterocycles. The number of carboxylic acid groups (broad SMARTS) is 2. The molecule has 0 atom stereocenters. The van der Waals surface area contributed by atoms with Crippen molar-refractivity contribution in [1.29, 1.82) is 0 Å². The highest BCUT2D eigenvalue weighted by Gasteiger charge is 2.21. The molecule has 6 nitrogen and oxygen atoms in total. The van der Waals surface area contributed by atoms with Crippen molar-refractivity contribution in [2.75, 3.05) is 0 Å². The molecule has 2 N–H and O–H groups in total. The maximum atomic E-state index is 11.0. The summed E-state index contributed by atoms with van der Waals surface area (Å²) in [5.41, 5.74) is -0.152. The van der Waals surface area contributed by atoms with E-state index in [1.165, 1.54) is 12.1 Å². The van der Waals surface area contributed by atoms with Gasteiger partial charge in [0.15, 0.2) is 17.8 Å². The zero-order valence-corrected chi connectivity index (χ0v) is 8.45. The maximum Gasteiger partial charge on any atom is 0.358 e. The molecule has 0 amide bonds. The minimum absolute atomic E-state index is 0.0354. The summed E-state index contributed by atoms with van der Waals surface area (Å²) < 4.78 is 4.95. The van der Waals surface area contributed by atoms with Crippen molar-refractivity contribution in [1.82, 2.24) is 4.98 Å². The van der Waals surface area contributed by atoms with Crippen LogP contribution in [0.4, 0.5) is 0 Å². The van der Waals surface area contributed by atoms with Crippen LogP contribution in [-0.4, -0.2) is 27.1 Å². The van der Waals surface area contributed by atoms with Crippen LogP contribution in [0.25, 0.3) is 11.3 Å². The Bertz CT molecular complexity index is 587. The van der Waals surface area contributed by atoms with Crippen LogP contribution < -0.4 is 0 Å². The zero-order chi connectivity index (χ0) is 12.4. The van der Waals surface area contributed by atoms with E-state index in [0.29, 0.717) is 0 Å². The van der Waals surface area contributed by atoms with E-state index in [4.69, 9.17) is 14.6 Å². The second-order valence-electron chi connectivity index (χ2n) is 3.19. The Morgan fingerprint density at radius 1 is 1.12 bits per heavy atom. The lowest BCUT2D eigenvalue weighted by molar-refractivity contribution is 0.0680. The Hall–Kier alpha value is -2.63. The third-order valence-corrected chi connectivity index (χ3v) is 2.17. The van der Waals surface area contributed by atoms with Gasteiger partial charge < -0.3 is 14.6 Å². The first-order valence-electron chi connectivity index (χ1n) is 4.60. The van der Waals surface area contributed by atoms with Gasteiger partial charge in [0.05, 0.1) is 5.56 Å². The molecule has 86 valence electrons. The Balaban J connectivity index is 2.64. The van der Waals surface area contributed by atoms with Gasteiger partial charge in [-0.25, -0.2) is 14.6 Å². The summed E-state index contributed by atoms with van der Waals surface area (Å²) in [6.45, 7) is 0. The standard InChI is InChI=1S/C11H7NO5/c13-10(14)7-4-2-1-3-6(7)9-8(11(15)16)12-5-17-9/h1-5H,(H,13,14)(H,15,16). The Kier molecular flexibility index (Phi) is 2.61. The fourth-order valence-corrected chi connectivity index (χ4v) is 1.46. The maximum absolute atomic E-state index is 11.0. The van der Waals surface area contributed by atoms with E-state index in [1.807, 2.05) is 0 Å². The number of aromatic carboxylic acids is 2. The smallest absolute Gasteiger partial charge is 0.358 e. The van der Waals surface area contributed by atoms with Gasteiger partial charge >= 0.3 is 11.9 Å². The largest absolute Gasteiger partial charge is 0.478 e. The van der Waals surface area contributed by atoms with Gasteiger partial charge in [0, 0.05) is 5.56 Å². The van der Waals surface area contributed by atoms with E-state index in [2.05, 4.69) is 4.98 Å². The number of aromatic nitrogens is 1. The average Bonchev–Trinajstić information content (AvgIpc) is 2.77. The van der Waals surface area contributed by atoms with Gasteiger partial charge in [0.25, 0.3) is 0 Å². The summed E-state index contributed by atoms with van der Waals surface area (Å²) in [4.78, 5) is 25.4. The van der Waals surface area contributed by atoms with Crippen molar-refractivity contribution in [2.45, 2.75) is 0 Å². The Labute approximate surface area is 95.1 Å². The van der Waals surface area contributed by atoms with Crippen molar-refractivity contribution in [3.63, 3.8) is 0 Å². The number of carboxylic acids is 2. The fraction of sp³-hybridized carbons (Fsp3) is 0. The van der Waals surface area contributed by atoms with E-state index in [1.54, 1.807) is 12.1 Å². The van der Waals surface area contributed by atoms with Gasteiger partial charge in [0.1, 0.15) is 0 Å². The summed E-state index contributed by atoms with van der Waals surface area (Å²) in [5.74, 6) is -2.49. The minimum Gasteiger partial charge on any atom is -0.478 e. The van der Waals surface area contributed by atoms with E-state index < -0.39 is 11.9 Å². The number of nitrogens with zero attached hydrogens (tertiary/aromatic N) is 1. The highest BCUT2D eigenvalue weighted by atomic mass is 16.4. The fourth-order valence-electron chi connectivity index (χ4n) is 1.46. The van der Waals surface area contributed by atoms with Crippen LogP contribution in [-0.2, 0) is 0 Å². The van der Waals surface area contributed by atoms with Crippen LogP contribution in [0.5, 0.6) is 0 Å². The lowest BCUT2D eigenvalue weighted by Gasteiger charge is -2.02. The molecule has 0 aliphatic heterocycles. The van der Waals surface area contributed by atoms with E-state index in [-0.39, 0.29) is 22.6 Å². The summed E-state index contributed by atoms with van der Waals surface area (Å²) in [7, 11) is 0. The molecule has 0 unspecified atom stereocenters. The quantitative estimate of drug-likeness (QED) is 0.837. The molecule has 1 heterocycles. The summed E-state index contributed by atoms with van der Waals surface area (Å²) >= 11 is 0. The van der Waals surface area contributed by atoms with E-state index in [9.17, 15) is 9.59 Å². The molecule has 1 aromatic heterocycles. The molecule has 0 spiro atoms. The van der Waals surface area contributed by atoms with Gasteiger partial charge in [-0.2, -0.15) is 0 Å². The van der Waals surface area contributed by atoms with Crippen LogP contribution in [0.3, 0.4) is 0 Å². The molecule has 17 heavy (non-hydrogen) atoms. The SMILES string of the molecule is O=C(O)c1ccccc1-c1ocnc1C(=O)O. The van der Waals surface area contributed by atoms with Gasteiger partial charge in [-0.3, -0.25) is 0 Å². The molecule has 0 radical (unpaired) electrons. The number of benzene rings is 1. The second-order valence-corrected chi connectivity index (χ2v) is 3.19. The zero-order valence-electron chi connectivity index (χ0n) is 8.45. The van der Waals surface area contributed by atoms with Gasteiger partial charge in [-0.1, -0.05) is 18.2 Å². The number of hydrogen-bond donors (Lipinski definition) is 2.